The molecule has 0 saturated heterocycles. The highest BCUT2D eigenvalue weighted by molar-refractivity contribution is 6.33. The summed E-state index contributed by atoms with van der Waals surface area (Å²) in [6.45, 7) is 0. The number of imidazole rings is 1. The second-order valence-electron chi connectivity index (χ2n) is 5.46. The van der Waals surface area contributed by atoms with Crippen molar-refractivity contribution in [2.75, 3.05) is 17.7 Å². The van der Waals surface area contributed by atoms with Gasteiger partial charge in [0.15, 0.2) is 11.5 Å². The topological polar surface area (TPSA) is 87.8 Å². The number of rotatable bonds is 5. The van der Waals surface area contributed by atoms with Crippen molar-refractivity contribution < 1.29 is 4.74 Å². The maximum atomic E-state index is 6.24. The Morgan fingerprint density at radius 2 is 1.81 bits per heavy atom. The SMILES string of the molecule is COc1ccc(Nc2nc(Nc3ccccc3Cl)c3[nH]cnc3n2)cc1. The Hall–Kier alpha value is -3.32. The number of aromatic nitrogens is 4. The van der Waals surface area contributed by atoms with E-state index in [1.54, 1.807) is 13.4 Å². The molecule has 4 aromatic rings. The minimum Gasteiger partial charge on any atom is -0.497 e. The third-order valence-electron chi connectivity index (χ3n) is 3.76. The second kappa shape index (κ2) is 6.89. The zero-order chi connectivity index (χ0) is 17.9. The largest absolute Gasteiger partial charge is 0.497 e. The average Bonchev–Trinajstić information content (AvgIpc) is 3.13. The summed E-state index contributed by atoms with van der Waals surface area (Å²) in [5.41, 5.74) is 2.83. The molecule has 7 nitrogen and oxygen atoms in total. The highest BCUT2D eigenvalue weighted by Crippen LogP contribution is 2.28. The molecule has 0 bridgehead atoms. The molecule has 0 radical (unpaired) electrons. The van der Waals surface area contributed by atoms with Gasteiger partial charge < -0.3 is 20.4 Å². The minimum absolute atomic E-state index is 0.421. The molecule has 2 aromatic carbocycles. The number of hydrogen-bond donors (Lipinski definition) is 3. The van der Waals surface area contributed by atoms with Crippen LogP contribution >= 0.6 is 11.6 Å². The molecule has 0 unspecified atom stereocenters. The van der Waals surface area contributed by atoms with Crippen LogP contribution in [0.15, 0.2) is 54.9 Å². The number of nitrogens with one attached hydrogen (secondary N) is 3. The number of nitrogens with zero attached hydrogens (tertiary/aromatic N) is 3. The predicted molar refractivity (Wildman–Crippen MR) is 103 cm³/mol. The molecule has 130 valence electrons. The van der Waals surface area contributed by atoms with Crippen molar-refractivity contribution in [2.24, 2.45) is 0 Å². The molecule has 0 amide bonds. The van der Waals surface area contributed by atoms with Gasteiger partial charge in [0.25, 0.3) is 0 Å². The van der Waals surface area contributed by atoms with E-state index in [-0.39, 0.29) is 0 Å². The molecular weight excluding hydrogens is 352 g/mol. The molecule has 0 aliphatic carbocycles. The van der Waals surface area contributed by atoms with Gasteiger partial charge in [-0.1, -0.05) is 23.7 Å². The van der Waals surface area contributed by atoms with Crippen LogP contribution in [0.25, 0.3) is 11.2 Å². The molecule has 0 spiro atoms. The van der Waals surface area contributed by atoms with E-state index in [0.717, 1.165) is 17.1 Å². The van der Waals surface area contributed by atoms with E-state index in [4.69, 9.17) is 16.3 Å². The first-order valence-electron chi connectivity index (χ1n) is 7.86. The lowest BCUT2D eigenvalue weighted by atomic mass is 10.3. The standard InChI is InChI=1S/C18H15ClN6O/c1-26-12-8-6-11(7-9-12)22-18-24-16-15(20-10-21-16)17(25-18)23-14-5-3-2-4-13(14)19/h2-10H,1H3,(H3,20,21,22,23,24,25). The Morgan fingerprint density at radius 3 is 2.58 bits per heavy atom. The number of aromatic amines is 1. The Bertz CT molecular complexity index is 1050. The van der Waals surface area contributed by atoms with E-state index < -0.39 is 0 Å². The quantitative estimate of drug-likeness (QED) is 0.482. The van der Waals surface area contributed by atoms with Gasteiger partial charge in [-0.3, -0.25) is 0 Å². The van der Waals surface area contributed by atoms with Gasteiger partial charge in [0.1, 0.15) is 11.3 Å². The zero-order valence-electron chi connectivity index (χ0n) is 13.8. The summed E-state index contributed by atoms with van der Waals surface area (Å²) in [7, 11) is 1.63. The molecule has 0 aliphatic heterocycles. The van der Waals surface area contributed by atoms with Crippen LogP contribution in [0.3, 0.4) is 0 Å². The number of H-pyrrole nitrogens is 1. The normalized spacial score (nSPS) is 10.7. The van der Waals surface area contributed by atoms with Gasteiger partial charge in [0, 0.05) is 5.69 Å². The number of ether oxygens (including phenoxy) is 1. The Labute approximate surface area is 154 Å². The van der Waals surface area contributed by atoms with E-state index in [1.807, 2.05) is 48.5 Å². The van der Waals surface area contributed by atoms with Crippen LogP contribution in [-0.2, 0) is 0 Å². The van der Waals surface area contributed by atoms with Crippen LogP contribution in [-0.4, -0.2) is 27.0 Å². The lowest BCUT2D eigenvalue weighted by Gasteiger charge is -2.11. The van der Waals surface area contributed by atoms with E-state index >= 15 is 0 Å². The van der Waals surface area contributed by atoms with Crippen LogP contribution < -0.4 is 15.4 Å². The summed E-state index contributed by atoms with van der Waals surface area (Å²) in [4.78, 5) is 16.3. The highest BCUT2D eigenvalue weighted by Gasteiger charge is 2.12. The van der Waals surface area contributed by atoms with Crippen molar-refractivity contribution >= 4 is 45.9 Å². The molecule has 0 saturated carbocycles. The summed E-state index contributed by atoms with van der Waals surface area (Å²) in [6.07, 6.45) is 1.58. The first kappa shape index (κ1) is 16.2. The van der Waals surface area contributed by atoms with Crippen LogP contribution in [0.5, 0.6) is 5.75 Å². The van der Waals surface area contributed by atoms with Crippen molar-refractivity contribution in [1.29, 1.82) is 0 Å². The third-order valence-corrected chi connectivity index (χ3v) is 4.09. The van der Waals surface area contributed by atoms with Gasteiger partial charge in [-0.05, 0) is 36.4 Å². The number of halogens is 1. The lowest BCUT2D eigenvalue weighted by molar-refractivity contribution is 0.415. The molecule has 8 heteroatoms. The Kier molecular flexibility index (Phi) is 4.28. The fraction of sp³-hybridized carbons (Fsp3) is 0.0556. The van der Waals surface area contributed by atoms with Crippen LogP contribution in [0, 0.1) is 0 Å². The first-order chi connectivity index (χ1) is 12.7. The van der Waals surface area contributed by atoms with Crippen molar-refractivity contribution in [3.63, 3.8) is 0 Å². The zero-order valence-corrected chi connectivity index (χ0v) is 14.6. The van der Waals surface area contributed by atoms with Crippen molar-refractivity contribution in [2.45, 2.75) is 0 Å². The highest BCUT2D eigenvalue weighted by atomic mass is 35.5. The number of fused-ring (bicyclic) bond motifs is 1. The summed E-state index contributed by atoms with van der Waals surface area (Å²) >= 11 is 6.24. The van der Waals surface area contributed by atoms with E-state index in [1.165, 1.54) is 0 Å². The summed E-state index contributed by atoms with van der Waals surface area (Å²) in [6, 6.07) is 15.0. The third kappa shape index (κ3) is 3.25. The van der Waals surface area contributed by atoms with Crippen molar-refractivity contribution in [3.05, 3.63) is 59.9 Å². The second-order valence-corrected chi connectivity index (χ2v) is 5.86. The molecule has 0 fully saturated rings. The summed E-state index contributed by atoms with van der Waals surface area (Å²) in [5.74, 6) is 1.78. The number of benzene rings is 2. The maximum Gasteiger partial charge on any atom is 0.231 e. The molecule has 0 atom stereocenters. The van der Waals surface area contributed by atoms with Crippen molar-refractivity contribution in [3.8, 4) is 5.75 Å². The number of anilines is 4. The monoisotopic (exact) mass is 366 g/mol. The van der Waals surface area contributed by atoms with Crippen molar-refractivity contribution in [1.82, 2.24) is 19.9 Å². The molecule has 0 aliphatic rings. The van der Waals surface area contributed by atoms with E-state index in [9.17, 15) is 0 Å². The molecule has 3 N–H and O–H groups in total. The predicted octanol–water partition coefficient (Wildman–Crippen LogP) is 4.50. The van der Waals surface area contributed by atoms with Gasteiger partial charge in [-0.2, -0.15) is 9.97 Å². The molecule has 2 aromatic heterocycles. The minimum atomic E-state index is 0.421. The lowest BCUT2D eigenvalue weighted by Crippen LogP contribution is -2.02. The van der Waals surface area contributed by atoms with E-state index in [2.05, 4.69) is 30.6 Å². The smallest absolute Gasteiger partial charge is 0.231 e. The van der Waals surface area contributed by atoms with Crippen LogP contribution in [0.2, 0.25) is 5.02 Å². The van der Waals surface area contributed by atoms with Gasteiger partial charge in [0.2, 0.25) is 5.95 Å². The maximum absolute atomic E-state index is 6.24. The molecular formula is C18H15ClN6O. The van der Waals surface area contributed by atoms with E-state index in [0.29, 0.717) is 28.0 Å². The molecule has 2 heterocycles. The average molecular weight is 367 g/mol. The Morgan fingerprint density at radius 1 is 1.00 bits per heavy atom. The fourth-order valence-corrected chi connectivity index (χ4v) is 2.66. The van der Waals surface area contributed by atoms with Gasteiger partial charge >= 0.3 is 0 Å². The number of methoxy groups -OCH3 is 1. The number of hydrogen-bond acceptors (Lipinski definition) is 6. The number of para-hydroxylation sites is 1. The molecule has 26 heavy (non-hydrogen) atoms. The Balaban J connectivity index is 1.68. The van der Waals surface area contributed by atoms with Gasteiger partial charge in [0.05, 0.1) is 24.1 Å². The van der Waals surface area contributed by atoms with Crippen LogP contribution in [0.4, 0.5) is 23.1 Å². The summed E-state index contributed by atoms with van der Waals surface area (Å²) < 4.78 is 5.17. The van der Waals surface area contributed by atoms with Gasteiger partial charge in [-0.15, -0.1) is 0 Å². The fourth-order valence-electron chi connectivity index (χ4n) is 2.47. The van der Waals surface area contributed by atoms with Crippen LogP contribution in [0.1, 0.15) is 0 Å². The first-order valence-corrected chi connectivity index (χ1v) is 8.24. The molecule has 4 rings (SSSR count). The van der Waals surface area contributed by atoms with Gasteiger partial charge in [-0.25, -0.2) is 4.98 Å². The summed E-state index contributed by atoms with van der Waals surface area (Å²) in [5, 5.41) is 7.01.